The zero-order valence-corrected chi connectivity index (χ0v) is 17.0. The molecule has 0 spiro atoms. The fourth-order valence-corrected chi connectivity index (χ4v) is 2.75. The monoisotopic (exact) mass is 357 g/mol. The highest BCUT2D eigenvalue weighted by molar-refractivity contribution is 5.68. The van der Waals surface area contributed by atoms with Gasteiger partial charge in [0, 0.05) is 13.1 Å². The van der Waals surface area contributed by atoms with Crippen molar-refractivity contribution in [2.75, 3.05) is 26.2 Å². The zero-order valence-electron chi connectivity index (χ0n) is 17.0. The van der Waals surface area contributed by atoms with Crippen LogP contribution in [0.5, 0.6) is 0 Å². The van der Waals surface area contributed by atoms with Crippen LogP contribution < -0.4 is 11.5 Å². The third-order valence-electron chi connectivity index (χ3n) is 4.17. The summed E-state index contributed by atoms with van der Waals surface area (Å²) in [6, 6.07) is 0. The molecule has 25 heavy (non-hydrogen) atoms. The van der Waals surface area contributed by atoms with Crippen LogP contribution in [0.2, 0.25) is 0 Å². The molecule has 0 unspecified atom stereocenters. The molecule has 0 aliphatic carbocycles. The van der Waals surface area contributed by atoms with Crippen LogP contribution in [0, 0.1) is 0 Å². The molecule has 5 nitrogen and oxygen atoms in total. The van der Waals surface area contributed by atoms with Crippen LogP contribution in [0.15, 0.2) is 0 Å². The van der Waals surface area contributed by atoms with Crippen LogP contribution in [-0.4, -0.2) is 42.8 Å². The van der Waals surface area contributed by atoms with Crippen molar-refractivity contribution in [1.82, 2.24) is 4.90 Å². The number of amides is 1. The molecule has 0 saturated carbocycles. The maximum atomic E-state index is 12.4. The summed E-state index contributed by atoms with van der Waals surface area (Å²) in [7, 11) is 0. The minimum atomic E-state index is -0.432. The lowest BCUT2D eigenvalue weighted by molar-refractivity contribution is 0.0243. The summed E-state index contributed by atoms with van der Waals surface area (Å²) in [4.78, 5) is 14.3. The number of carbonyl (C=O) groups is 1. The summed E-state index contributed by atoms with van der Waals surface area (Å²) in [6.07, 6.45) is 12.5. The lowest BCUT2D eigenvalue weighted by Crippen LogP contribution is -2.38. The normalized spacial score (nSPS) is 11.6. The van der Waals surface area contributed by atoms with Gasteiger partial charge in [0.25, 0.3) is 0 Å². The van der Waals surface area contributed by atoms with Gasteiger partial charge in [-0.25, -0.2) is 4.79 Å². The van der Waals surface area contributed by atoms with Crippen molar-refractivity contribution in [1.29, 1.82) is 0 Å². The number of rotatable bonds is 15. The molecule has 150 valence electrons. The molecule has 0 aromatic heterocycles. The quantitative estimate of drug-likeness (QED) is 0.425. The smallest absolute Gasteiger partial charge is 0.410 e. The van der Waals surface area contributed by atoms with Gasteiger partial charge in [-0.1, -0.05) is 44.9 Å². The molecule has 0 fully saturated rings. The van der Waals surface area contributed by atoms with E-state index in [2.05, 4.69) is 0 Å². The van der Waals surface area contributed by atoms with Crippen LogP contribution in [0.3, 0.4) is 0 Å². The highest BCUT2D eigenvalue weighted by Gasteiger charge is 2.21. The summed E-state index contributed by atoms with van der Waals surface area (Å²) in [5.74, 6) is 0. The summed E-state index contributed by atoms with van der Waals surface area (Å²) < 4.78 is 5.56. The third kappa shape index (κ3) is 16.4. The minimum Gasteiger partial charge on any atom is -0.444 e. The van der Waals surface area contributed by atoms with Gasteiger partial charge in [0.15, 0.2) is 0 Å². The van der Waals surface area contributed by atoms with Crippen molar-refractivity contribution >= 4 is 6.09 Å². The fraction of sp³-hybridized carbons (Fsp3) is 0.950. The Morgan fingerprint density at radius 1 is 0.720 bits per heavy atom. The van der Waals surface area contributed by atoms with Crippen molar-refractivity contribution in [3.05, 3.63) is 0 Å². The zero-order chi connectivity index (χ0) is 19.0. The Morgan fingerprint density at radius 2 is 1.08 bits per heavy atom. The summed E-state index contributed by atoms with van der Waals surface area (Å²) in [5, 5.41) is 0. The second-order valence-corrected chi connectivity index (χ2v) is 7.93. The molecule has 0 aliphatic heterocycles. The predicted octanol–water partition coefficient (Wildman–Crippen LogP) is 4.43. The van der Waals surface area contributed by atoms with E-state index in [9.17, 15) is 4.79 Å². The van der Waals surface area contributed by atoms with Gasteiger partial charge in [-0.05, 0) is 59.5 Å². The number of nitrogens with zero attached hydrogens (tertiary/aromatic N) is 1. The van der Waals surface area contributed by atoms with E-state index in [-0.39, 0.29) is 6.09 Å². The molecule has 5 heteroatoms. The first-order chi connectivity index (χ1) is 11.9. The number of ether oxygens (including phenoxy) is 1. The van der Waals surface area contributed by atoms with E-state index in [1.807, 2.05) is 25.7 Å². The molecule has 0 aromatic rings. The van der Waals surface area contributed by atoms with Crippen molar-refractivity contribution in [3.63, 3.8) is 0 Å². The first kappa shape index (κ1) is 24.2. The number of nitrogens with two attached hydrogens (primary N) is 2. The lowest BCUT2D eigenvalue weighted by Gasteiger charge is -2.27. The maximum Gasteiger partial charge on any atom is 0.410 e. The van der Waals surface area contributed by atoms with Crippen molar-refractivity contribution in [2.24, 2.45) is 11.5 Å². The molecule has 0 saturated heterocycles. The molecule has 0 radical (unpaired) electrons. The van der Waals surface area contributed by atoms with Crippen LogP contribution >= 0.6 is 0 Å². The van der Waals surface area contributed by atoms with Gasteiger partial charge in [-0.15, -0.1) is 0 Å². The number of carbonyl (C=O) groups excluding carboxylic acids is 1. The second kappa shape index (κ2) is 15.4. The fourth-order valence-electron chi connectivity index (χ4n) is 2.75. The SMILES string of the molecule is CC(C)(C)OC(=O)N(CCCCCCCN)CCCCCCCCN. The molecule has 1 amide bonds. The van der Waals surface area contributed by atoms with Gasteiger partial charge >= 0.3 is 6.09 Å². The van der Waals surface area contributed by atoms with Crippen LogP contribution in [-0.2, 0) is 4.74 Å². The third-order valence-corrected chi connectivity index (χ3v) is 4.17. The molecule has 0 aliphatic rings. The van der Waals surface area contributed by atoms with Crippen molar-refractivity contribution < 1.29 is 9.53 Å². The van der Waals surface area contributed by atoms with Gasteiger partial charge in [0.05, 0.1) is 0 Å². The second-order valence-electron chi connectivity index (χ2n) is 7.93. The molecule has 0 atom stereocenters. The standard InChI is InChI=1S/C20H43N3O2/c1-20(2,3)25-19(24)23(18-14-10-6-8-12-16-22)17-13-9-5-4-7-11-15-21/h4-18,21-22H2,1-3H3. The average molecular weight is 358 g/mol. The predicted molar refractivity (Wildman–Crippen MR) is 107 cm³/mol. The van der Waals surface area contributed by atoms with Crippen LogP contribution in [0.4, 0.5) is 4.79 Å². The van der Waals surface area contributed by atoms with E-state index < -0.39 is 5.60 Å². The van der Waals surface area contributed by atoms with Gasteiger partial charge in [0.1, 0.15) is 5.60 Å². The summed E-state index contributed by atoms with van der Waals surface area (Å²) in [5.41, 5.74) is 10.6. The lowest BCUT2D eigenvalue weighted by atomic mass is 10.1. The highest BCUT2D eigenvalue weighted by Crippen LogP contribution is 2.13. The largest absolute Gasteiger partial charge is 0.444 e. The van der Waals surface area contributed by atoms with E-state index in [0.717, 1.165) is 58.3 Å². The molecule has 4 N–H and O–H groups in total. The topological polar surface area (TPSA) is 81.6 Å². The van der Waals surface area contributed by atoms with E-state index in [1.165, 1.54) is 38.5 Å². The molecule has 0 aromatic carbocycles. The Labute approximate surface area is 155 Å². The van der Waals surface area contributed by atoms with Gasteiger partial charge in [-0.3, -0.25) is 0 Å². The maximum absolute atomic E-state index is 12.4. The molecular weight excluding hydrogens is 314 g/mol. The van der Waals surface area contributed by atoms with Crippen LogP contribution in [0.25, 0.3) is 0 Å². The van der Waals surface area contributed by atoms with E-state index in [1.54, 1.807) is 0 Å². The summed E-state index contributed by atoms with van der Waals surface area (Å²) >= 11 is 0. The molecular formula is C20H43N3O2. The summed E-state index contributed by atoms with van der Waals surface area (Å²) in [6.45, 7) is 8.93. The van der Waals surface area contributed by atoms with Gasteiger partial charge in [-0.2, -0.15) is 0 Å². The molecule has 0 heterocycles. The average Bonchev–Trinajstić information content (AvgIpc) is 2.53. The minimum absolute atomic E-state index is 0.169. The van der Waals surface area contributed by atoms with E-state index in [0.29, 0.717) is 0 Å². The number of hydrogen-bond acceptors (Lipinski definition) is 4. The Hall–Kier alpha value is -0.810. The van der Waals surface area contributed by atoms with E-state index in [4.69, 9.17) is 16.2 Å². The van der Waals surface area contributed by atoms with E-state index >= 15 is 0 Å². The Bertz CT molecular complexity index is 317. The van der Waals surface area contributed by atoms with Crippen LogP contribution in [0.1, 0.15) is 91.4 Å². The van der Waals surface area contributed by atoms with Crippen molar-refractivity contribution in [3.8, 4) is 0 Å². The molecule has 0 bridgehead atoms. The van der Waals surface area contributed by atoms with Gasteiger partial charge < -0.3 is 21.1 Å². The Kier molecular flexibility index (Phi) is 14.9. The molecule has 0 rings (SSSR count). The first-order valence-electron chi connectivity index (χ1n) is 10.3. The highest BCUT2D eigenvalue weighted by atomic mass is 16.6. The Morgan fingerprint density at radius 3 is 1.44 bits per heavy atom. The van der Waals surface area contributed by atoms with Crippen molar-refractivity contribution in [2.45, 2.75) is 97.0 Å². The number of unbranched alkanes of at least 4 members (excludes halogenated alkanes) is 9. The number of hydrogen-bond donors (Lipinski definition) is 2. The van der Waals surface area contributed by atoms with Gasteiger partial charge in [0.2, 0.25) is 0 Å². The Balaban J connectivity index is 4.09. The first-order valence-corrected chi connectivity index (χ1v) is 10.3.